The second-order valence-corrected chi connectivity index (χ2v) is 7.02. The number of rotatable bonds is 5. The van der Waals surface area contributed by atoms with Crippen LogP contribution in [-0.2, 0) is 17.4 Å². The van der Waals surface area contributed by atoms with Gasteiger partial charge in [0, 0.05) is 13.0 Å². The monoisotopic (exact) mass is 372 g/mol. The zero-order valence-corrected chi connectivity index (χ0v) is 14.7. The topological polar surface area (TPSA) is 59.3 Å². The van der Waals surface area contributed by atoms with Crippen molar-refractivity contribution in [2.24, 2.45) is 11.8 Å². The van der Waals surface area contributed by atoms with Crippen LogP contribution in [0.4, 0.5) is 13.2 Å². The molecule has 1 saturated heterocycles. The largest absolute Gasteiger partial charge is 0.435 e. The molecule has 2 atom stereocenters. The second kappa shape index (κ2) is 6.86. The maximum Gasteiger partial charge on any atom is 0.435 e. The van der Waals surface area contributed by atoms with Crippen LogP contribution in [0, 0.1) is 11.8 Å². The van der Waals surface area contributed by atoms with Crippen molar-refractivity contribution >= 4 is 23.3 Å². The minimum atomic E-state index is -4.54. The Morgan fingerprint density at radius 2 is 2.20 bits per heavy atom. The number of nitrogens with zero attached hydrogens (tertiary/aromatic N) is 3. The standard InChI is InChI=1S/C16H19F3N4OS/c1-3-9(10-7-13(24)20-8-10)6-11-15(16(17,18)19)21-12-4-5-14(25-2)22-23(11)12/h4-5,9-10H,3,6-8H2,1-2H3,(H,20,24). The van der Waals surface area contributed by atoms with Crippen LogP contribution >= 0.6 is 11.8 Å². The molecule has 2 unspecified atom stereocenters. The maximum atomic E-state index is 13.5. The normalized spacial score (nSPS) is 19.4. The molecule has 136 valence electrons. The van der Waals surface area contributed by atoms with Gasteiger partial charge in [-0.25, -0.2) is 9.50 Å². The molecule has 0 bridgehead atoms. The van der Waals surface area contributed by atoms with Gasteiger partial charge in [-0.3, -0.25) is 4.79 Å². The number of amides is 1. The summed E-state index contributed by atoms with van der Waals surface area (Å²) in [5.41, 5.74) is -0.616. The molecule has 1 amide bonds. The molecule has 2 aromatic heterocycles. The van der Waals surface area contributed by atoms with Gasteiger partial charge in [0.15, 0.2) is 11.3 Å². The molecule has 2 aromatic rings. The van der Waals surface area contributed by atoms with Crippen LogP contribution in [0.25, 0.3) is 5.65 Å². The molecule has 0 saturated carbocycles. The van der Waals surface area contributed by atoms with E-state index in [9.17, 15) is 18.0 Å². The van der Waals surface area contributed by atoms with Crippen LogP contribution in [0.2, 0.25) is 0 Å². The molecule has 1 N–H and O–H groups in total. The number of hydrogen-bond donors (Lipinski definition) is 1. The second-order valence-electron chi connectivity index (χ2n) is 6.19. The van der Waals surface area contributed by atoms with Gasteiger partial charge in [-0.2, -0.15) is 18.3 Å². The third-order valence-corrected chi connectivity index (χ3v) is 5.32. The molecule has 0 aromatic carbocycles. The molecular weight excluding hydrogens is 353 g/mol. The van der Waals surface area contributed by atoms with E-state index in [4.69, 9.17) is 0 Å². The molecule has 25 heavy (non-hydrogen) atoms. The van der Waals surface area contributed by atoms with Gasteiger partial charge in [0.25, 0.3) is 0 Å². The van der Waals surface area contributed by atoms with E-state index in [1.165, 1.54) is 16.3 Å². The Hall–Kier alpha value is -1.77. The summed E-state index contributed by atoms with van der Waals surface area (Å²) in [6, 6.07) is 3.22. The van der Waals surface area contributed by atoms with Crippen LogP contribution in [0.3, 0.4) is 0 Å². The fraction of sp³-hybridized carbons (Fsp3) is 0.562. The lowest BCUT2D eigenvalue weighted by molar-refractivity contribution is -0.141. The van der Waals surface area contributed by atoms with E-state index in [2.05, 4.69) is 15.4 Å². The Labute approximate surface area is 147 Å². The van der Waals surface area contributed by atoms with Gasteiger partial charge in [0.05, 0.1) is 5.69 Å². The minimum Gasteiger partial charge on any atom is -0.356 e. The lowest BCUT2D eigenvalue weighted by Crippen LogP contribution is -2.22. The molecule has 0 aliphatic carbocycles. The molecule has 3 heterocycles. The van der Waals surface area contributed by atoms with Crippen molar-refractivity contribution in [3.63, 3.8) is 0 Å². The summed E-state index contributed by atoms with van der Waals surface area (Å²) in [6.45, 7) is 2.45. The van der Waals surface area contributed by atoms with Crippen molar-refractivity contribution < 1.29 is 18.0 Å². The number of thioether (sulfide) groups is 1. The summed E-state index contributed by atoms with van der Waals surface area (Å²) in [5, 5.41) is 7.68. The highest BCUT2D eigenvalue weighted by atomic mass is 32.2. The van der Waals surface area contributed by atoms with Gasteiger partial charge in [0.1, 0.15) is 5.03 Å². The third-order valence-electron chi connectivity index (χ3n) is 4.68. The van der Waals surface area contributed by atoms with E-state index in [0.29, 0.717) is 24.4 Å². The number of hydrogen-bond acceptors (Lipinski definition) is 4. The number of alkyl halides is 3. The maximum absolute atomic E-state index is 13.5. The van der Waals surface area contributed by atoms with E-state index in [1.54, 1.807) is 12.1 Å². The number of imidazole rings is 1. The van der Waals surface area contributed by atoms with Crippen LogP contribution in [-0.4, -0.2) is 33.3 Å². The molecule has 1 aliphatic heterocycles. The number of halogens is 3. The number of carbonyl (C=O) groups excluding carboxylic acids is 1. The van der Waals surface area contributed by atoms with Crippen LogP contribution in [0.15, 0.2) is 17.2 Å². The summed E-state index contributed by atoms with van der Waals surface area (Å²) >= 11 is 1.36. The summed E-state index contributed by atoms with van der Waals surface area (Å²) in [7, 11) is 0. The number of fused-ring (bicyclic) bond motifs is 1. The highest BCUT2D eigenvalue weighted by Crippen LogP contribution is 2.35. The van der Waals surface area contributed by atoms with Crippen molar-refractivity contribution in [1.29, 1.82) is 0 Å². The molecule has 0 radical (unpaired) electrons. The smallest absolute Gasteiger partial charge is 0.356 e. The average Bonchev–Trinajstić information content (AvgIpc) is 3.15. The Balaban J connectivity index is 2.03. The molecule has 3 rings (SSSR count). The molecule has 5 nitrogen and oxygen atoms in total. The predicted octanol–water partition coefficient (Wildman–Crippen LogP) is 3.17. The first-order chi connectivity index (χ1) is 11.8. The van der Waals surface area contributed by atoms with Gasteiger partial charge < -0.3 is 5.32 Å². The van der Waals surface area contributed by atoms with Crippen LogP contribution in [0.1, 0.15) is 31.2 Å². The lowest BCUT2D eigenvalue weighted by atomic mass is 9.85. The van der Waals surface area contributed by atoms with E-state index in [1.807, 2.05) is 13.2 Å². The summed E-state index contributed by atoms with van der Waals surface area (Å²) in [4.78, 5) is 15.2. The zero-order valence-electron chi connectivity index (χ0n) is 13.9. The number of carbonyl (C=O) groups is 1. The minimum absolute atomic E-state index is 0.0351. The Kier molecular flexibility index (Phi) is 4.95. The summed E-state index contributed by atoms with van der Waals surface area (Å²) < 4.78 is 41.8. The van der Waals surface area contributed by atoms with Crippen molar-refractivity contribution in [1.82, 2.24) is 19.9 Å². The first kappa shape index (κ1) is 18.0. The average molecular weight is 372 g/mol. The Bertz CT molecular complexity index is 790. The molecule has 1 fully saturated rings. The van der Waals surface area contributed by atoms with Crippen LogP contribution < -0.4 is 5.32 Å². The predicted molar refractivity (Wildman–Crippen MR) is 88.4 cm³/mol. The molecular formula is C16H19F3N4OS. The summed E-state index contributed by atoms with van der Waals surface area (Å²) in [5.74, 6) is -0.0482. The molecule has 0 spiro atoms. The van der Waals surface area contributed by atoms with Gasteiger partial charge in [-0.15, -0.1) is 11.8 Å². The lowest BCUT2D eigenvalue weighted by Gasteiger charge is -2.21. The molecule has 1 aliphatic rings. The van der Waals surface area contributed by atoms with Crippen molar-refractivity contribution in [2.75, 3.05) is 12.8 Å². The first-order valence-electron chi connectivity index (χ1n) is 8.10. The third kappa shape index (κ3) is 3.61. The van der Waals surface area contributed by atoms with Crippen LogP contribution in [0.5, 0.6) is 0 Å². The van der Waals surface area contributed by atoms with Crippen molar-refractivity contribution in [3.8, 4) is 0 Å². The Morgan fingerprint density at radius 1 is 1.44 bits per heavy atom. The van der Waals surface area contributed by atoms with Crippen molar-refractivity contribution in [2.45, 2.75) is 37.4 Å². The van der Waals surface area contributed by atoms with E-state index < -0.39 is 11.9 Å². The highest BCUT2D eigenvalue weighted by molar-refractivity contribution is 7.98. The van der Waals surface area contributed by atoms with E-state index in [-0.39, 0.29) is 35.5 Å². The fourth-order valence-electron chi connectivity index (χ4n) is 3.33. The van der Waals surface area contributed by atoms with E-state index in [0.717, 1.165) is 0 Å². The number of aromatic nitrogens is 3. The van der Waals surface area contributed by atoms with E-state index >= 15 is 0 Å². The van der Waals surface area contributed by atoms with Gasteiger partial charge >= 0.3 is 6.18 Å². The SMILES string of the molecule is CCC(Cc1c(C(F)(F)F)nc2ccc(SC)nn12)C1CNC(=O)C1. The zero-order chi connectivity index (χ0) is 18.2. The highest BCUT2D eigenvalue weighted by Gasteiger charge is 2.39. The molecule has 9 heteroatoms. The van der Waals surface area contributed by atoms with Gasteiger partial charge in [0.2, 0.25) is 5.91 Å². The Morgan fingerprint density at radius 3 is 2.76 bits per heavy atom. The van der Waals surface area contributed by atoms with Gasteiger partial charge in [-0.1, -0.05) is 13.3 Å². The summed E-state index contributed by atoms with van der Waals surface area (Å²) in [6.07, 6.45) is -1.48. The first-order valence-corrected chi connectivity index (χ1v) is 9.32. The quantitative estimate of drug-likeness (QED) is 0.819. The van der Waals surface area contributed by atoms with Crippen molar-refractivity contribution in [3.05, 3.63) is 23.5 Å². The van der Waals surface area contributed by atoms with Gasteiger partial charge in [-0.05, 0) is 36.6 Å². The fourth-order valence-corrected chi connectivity index (χ4v) is 3.70. The number of nitrogens with one attached hydrogen (secondary N) is 1.